The van der Waals surface area contributed by atoms with Gasteiger partial charge in [-0.05, 0) is 36.3 Å². The Kier molecular flexibility index (Phi) is 2.90. The van der Waals surface area contributed by atoms with Gasteiger partial charge >= 0.3 is 5.97 Å². The monoisotopic (exact) mass is 308 g/mol. The number of benzene rings is 2. The van der Waals surface area contributed by atoms with E-state index in [0.717, 1.165) is 11.3 Å². The standard InChI is InChI=1S/C17H12N2O4/c20-17-15-10-7-11-3-1-2-4-14(11)18(15)16(23-17)12-5-8-13(9-6-12)19(21)22/h1-6,8-10,16H,7H2. The third kappa shape index (κ3) is 2.07. The zero-order chi connectivity index (χ0) is 16.0. The summed E-state index contributed by atoms with van der Waals surface area (Å²) >= 11 is 0. The topological polar surface area (TPSA) is 72.7 Å². The number of nitro benzene ring substituents is 1. The molecule has 0 spiro atoms. The molecule has 23 heavy (non-hydrogen) atoms. The molecule has 2 aromatic rings. The zero-order valence-corrected chi connectivity index (χ0v) is 12.0. The van der Waals surface area contributed by atoms with Gasteiger partial charge in [0.05, 0.1) is 4.92 Å². The number of nitrogens with zero attached hydrogens (tertiary/aromatic N) is 2. The van der Waals surface area contributed by atoms with Crippen molar-refractivity contribution >= 4 is 17.3 Å². The molecule has 0 aliphatic carbocycles. The minimum Gasteiger partial charge on any atom is -0.432 e. The lowest BCUT2D eigenvalue weighted by atomic mass is 10.0. The summed E-state index contributed by atoms with van der Waals surface area (Å²) in [5.41, 5.74) is 3.27. The Hall–Kier alpha value is -3.15. The van der Waals surface area contributed by atoms with Gasteiger partial charge in [0, 0.05) is 23.4 Å². The minimum absolute atomic E-state index is 0.00730. The molecule has 0 amide bonds. The van der Waals surface area contributed by atoms with Crippen molar-refractivity contribution in [2.24, 2.45) is 0 Å². The number of ether oxygens (including phenoxy) is 1. The molecule has 0 bridgehead atoms. The fourth-order valence-electron chi connectivity index (χ4n) is 2.98. The lowest BCUT2D eigenvalue weighted by molar-refractivity contribution is -0.384. The molecule has 0 N–H and O–H groups in total. The van der Waals surface area contributed by atoms with E-state index in [0.29, 0.717) is 17.7 Å². The van der Waals surface area contributed by atoms with Crippen molar-refractivity contribution in [3.63, 3.8) is 0 Å². The van der Waals surface area contributed by atoms with Gasteiger partial charge in [-0.2, -0.15) is 0 Å². The lowest BCUT2D eigenvalue weighted by Crippen LogP contribution is -2.25. The molecule has 6 heteroatoms. The van der Waals surface area contributed by atoms with E-state index in [1.165, 1.54) is 12.1 Å². The molecule has 4 rings (SSSR count). The van der Waals surface area contributed by atoms with Gasteiger partial charge in [-0.3, -0.25) is 15.0 Å². The molecule has 2 aromatic carbocycles. The SMILES string of the molecule is O=C1OC(c2ccc([N+](=O)[O-])cc2)N2C1=CCc1ccccc12. The number of carbonyl (C=O) groups is 1. The average Bonchev–Trinajstić information content (AvgIpc) is 2.92. The van der Waals surface area contributed by atoms with E-state index in [1.807, 2.05) is 35.2 Å². The highest BCUT2D eigenvalue weighted by Gasteiger charge is 2.41. The van der Waals surface area contributed by atoms with E-state index in [-0.39, 0.29) is 11.7 Å². The van der Waals surface area contributed by atoms with Gasteiger partial charge in [0.1, 0.15) is 5.70 Å². The molecule has 0 aromatic heterocycles. The molecular formula is C17H12N2O4. The van der Waals surface area contributed by atoms with Crippen LogP contribution in [0.2, 0.25) is 0 Å². The normalized spacial score (nSPS) is 18.8. The lowest BCUT2D eigenvalue weighted by Gasteiger charge is -2.29. The molecule has 0 radical (unpaired) electrons. The number of anilines is 1. The number of carbonyl (C=O) groups excluding carboxylic acids is 1. The summed E-state index contributed by atoms with van der Waals surface area (Å²) < 4.78 is 5.50. The molecule has 0 saturated carbocycles. The Labute approximate surface area is 131 Å². The summed E-state index contributed by atoms with van der Waals surface area (Å²) in [6, 6.07) is 13.9. The van der Waals surface area contributed by atoms with Crippen LogP contribution in [0.4, 0.5) is 11.4 Å². The number of non-ortho nitro benzene ring substituents is 1. The van der Waals surface area contributed by atoms with E-state index in [2.05, 4.69) is 0 Å². The summed E-state index contributed by atoms with van der Waals surface area (Å²) in [5.74, 6) is -0.372. The Bertz CT molecular complexity index is 842. The van der Waals surface area contributed by atoms with Gasteiger partial charge in [-0.1, -0.05) is 18.2 Å². The van der Waals surface area contributed by atoms with Gasteiger partial charge in [-0.15, -0.1) is 0 Å². The summed E-state index contributed by atoms with van der Waals surface area (Å²) in [6.07, 6.45) is 1.94. The first-order valence-electron chi connectivity index (χ1n) is 7.18. The predicted molar refractivity (Wildman–Crippen MR) is 82.6 cm³/mol. The molecule has 1 unspecified atom stereocenters. The van der Waals surface area contributed by atoms with Crippen LogP contribution < -0.4 is 4.90 Å². The summed E-state index contributed by atoms with van der Waals surface area (Å²) in [6.45, 7) is 0. The zero-order valence-electron chi connectivity index (χ0n) is 12.0. The fourth-order valence-corrected chi connectivity index (χ4v) is 2.98. The predicted octanol–water partition coefficient (Wildman–Crippen LogP) is 3.10. The number of hydrogen-bond donors (Lipinski definition) is 0. The Morgan fingerprint density at radius 1 is 1.13 bits per heavy atom. The summed E-state index contributed by atoms with van der Waals surface area (Å²) in [4.78, 5) is 24.3. The molecule has 2 aliphatic heterocycles. The van der Waals surface area contributed by atoms with Gasteiger partial charge in [0.15, 0.2) is 0 Å². The van der Waals surface area contributed by atoms with E-state index in [9.17, 15) is 14.9 Å². The Balaban J connectivity index is 1.77. The number of esters is 1. The highest BCUT2D eigenvalue weighted by molar-refractivity contribution is 5.97. The molecule has 2 heterocycles. The molecular weight excluding hydrogens is 296 g/mol. The van der Waals surface area contributed by atoms with Crippen LogP contribution in [-0.4, -0.2) is 10.9 Å². The maximum absolute atomic E-state index is 12.1. The Morgan fingerprint density at radius 2 is 1.87 bits per heavy atom. The molecule has 1 atom stereocenters. The molecule has 6 nitrogen and oxygen atoms in total. The van der Waals surface area contributed by atoms with E-state index < -0.39 is 11.2 Å². The van der Waals surface area contributed by atoms with Crippen molar-refractivity contribution in [3.8, 4) is 0 Å². The van der Waals surface area contributed by atoms with Crippen LogP contribution in [0.5, 0.6) is 0 Å². The molecule has 2 aliphatic rings. The van der Waals surface area contributed by atoms with Crippen molar-refractivity contribution in [3.05, 3.63) is 81.5 Å². The quantitative estimate of drug-likeness (QED) is 0.484. The number of nitro groups is 1. The fraction of sp³-hybridized carbons (Fsp3) is 0.118. The number of cyclic esters (lactones) is 1. The van der Waals surface area contributed by atoms with Crippen LogP contribution in [0.15, 0.2) is 60.3 Å². The van der Waals surface area contributed by atoms with Gasteiger partial charge in [-0.25, -0.2) is 4.79 Å². The van der Waals surface area contributed by atoms with Crippen molar-refractivity contribution in [1.82, 2.24) is 0 Å². The number of rotatable bonds is 2. The Morgan fingerprint density at radius 3 is 2.61 bits per heavy atom. The van der Waals surface area contributed by atoms with Crippen molar-refractivity contribution in [1.29, 1.82) is 0 Å². The highest BCUT2D eigenvalue weighted by Crippen LogP contribution is 2.42. The van der Waals surface area contributed by atoms with E-state index in [1.54, 1.807) is 12.1 Å². The number of allylic oxidation sites excluding steroid dienone is 1. The van der Waals surface area contributed by atoms with Gasteiger partial charge < -0.3 is 4.74 Å². The second-order valence-corrected chi connectivity index (χ2v) is 5.40. The number of fused-ring (bicyclic) bond motifs is 3. The van der Waals surface area contributed by atoms with Crippen LogP contribution in [0.1, 0.15) is 17.4 Å². The largest absolute Gasteiger partial charge is 0.432 e. The number of para-hydroxylation sites is 1. The first-order chi connectivity index (χ1) is 11.1. The van der Waals surface area contributed by atoms with Crippen LogP contribution in [0, 0.1) is 10.1 Å². The van der Waals surface area contributed by atoms with Crippen molar-refractivity contribution < 1.29 is 14.5 Å². The van der Waals surface area contributed by atoms with E-state index >= 15 is 0 Å². The van der Waals surface area contributed by atoms with Crippen LogP contribution in [-0.2, 0) is 16.0 Å². The first kappa shape index (κ1) is 13.5. The third-order valence-electron chi connectivity index (χ3n) is 4.08. The maximum Gasteiger partial charge on any atom is 0.356 e. The second-order valence-electron chi connectivity index (χ2n) is 5.40. The average molecular weight is 308 g/mol. The van der Waals surface area contributed by atoms with Crippen LogP contribution >= 0.6 is 0 Å². The van der Waals surface area contributed by atoms with Crippen molar-refractivity contribution in [2.45, 2.75) is 12.6 Å². The third-order valence-corrected chi connectivity index (χ3v) is 4.08. The van der Waals surface area contributed by atoms with Gasteiger partial charge in [0.25, 0.3) is 5.69 Å². The number of hydrogen-bond acceptors (Lipinski definition) is 5. The minimum atomic E-state index is -0.601. The molecule has 114 valence electrons. The highest BCUT2D eigenvalue weighted by atomic mass is 16.6. The smallest absolute Gasteiger partial charge is 0.356 e. The van der Waals surface area contributed by atoms with Crippen LogP contribution in [0.25, 0.3) is 0 Å². The van der Waals surface area contributed by atoms with Crippen LogP contribution in [0.3, 0.4) is 0 Å². The summed E-state index contributed by atoms with van der Waals surface area (Å²) in [5, 5.41) is 10.8. The van der Waals surface area contributed by atoms with Crippen molar-refractivity contribution in [2.75, 3.05) is 4.90 Å². The van der Waals surface area contributed by atoms with E-state index in [4.69, 9.17) is 4.74 Å². The summed E-state index contributed by atoms with van der Waals surface area (Å²) in [7, 11) is 0. The maximum atomic E-state index is 12.1. The first-order valence-corrected chi connectivity index (χ1v) is 7.18. The molecule has 1 fully saturated rings. The molecule has 1 saturated heterocycles. The van der Waals surface area contributed by atoms with Gasteiger partial charge in [0.2, 0.25) is 6.23 Å². The second kappa shape index (κ2) is 4.95.